The molecule has 0 spiro atoms. The zero-order valence-corrected chi connectivity index (χ0v) is 9.69. The van der Waals surface area contributed by atoms with E-state index in [-0.39, 0.29) is 0 Å². The topological polar surface area (TPSA) is 12.0 Å². The first-order valence-corrected chi connectivity index (χ1v) is 5.71. The van der Waals surface area contributed by atoms with E-state index < -0.39 is 0 Å². The molecule has 1 atom stereocenters. The van der Waals surface area contributed by atoms with Gasteiger partial charge in [-0.05, 0) is 24.7 Å². The van der Waals surface area contributed by atoms with E-state index in [1.807, 2.05) is 0 Å². The molecule has 1 fully saturated rings. The number of hydrogen-bond donors (Lipinski definition) is 1. The second-order valence-electron chi connectivity index (χ2n) is 5.88. The van der Waals surface area contributed by atoms with E-state index in [1.54, 1.807) is 0 Å². The molecule has 1 aliphatic rings. The fourth-order valence-electron chi connectivity index (χ4n) is 1.79. The lowest BCUT2D eigenvalue weighted by molar-refractivity contribution is 0.253. The van der Waals surface area contributed by atoms with Gasteiger partial charge in [0.05, 0.1) is 0 Å². The summed E-state index contributed by atoms with van der Waals surface area (Å²) in [6, 6.07) is 0.713. The zero-order chi connectivity index (χ0) is 9.90. The largest absolute Gasteiger partial charge is 0.314 e. The lowest BCUT2D eigenvalue weighted by Crippen LogP contribution is -2.36. The second-order valence-corrected chi connectivity index (χ2v) is 5.88. The molecule has 1 aliphatic carbocycles. The Hall–Kier alpha value is -0.0400. The Labute approximate surface area is 83.3 Å². The maximum atomic E-state index is 3.62. The van der Waals surface area contributed by atoms with Crippen LogP contribution in [0, 0.1) is 11.3 Å². The van der Waals surface area contributed by atoms with Crippen molar-refractivity contribution >= 4 is 0 Å². The number of hydrogen-bond acceptors (Lipinski definition) is 1. The van der Waals surface area contributed by atoms with E-state index in [2.05, 4.69) is 33.0 Å². The first kappa shape index (κ1) is 11.0. The monoisotopic (exact) mass is 183 g/mol. The lowest BCUT2D eigenvalue weighted by atomic mass is 9.81. The summed E-state index contributed by atoms with van der Waals surface area (Å²) in [5.41, 5.74) is 0.424. The van der Waals surface area contributed by atoms with E-state index >= 15 is 0 Å². The fourth-order valence-corrected chi connectivity index (χ4v) is 1.79. The fraction of sp³-hybridized carbons (Fsp3) is 1.00. The summed E-state index contributed by atoms with van der Waals surface area (Å²) in [5.74, 6) is 1.03. The molecule has 78 valence electrons. The van der Waals surface area contributed by atoms with Crippen molar-refractivity contribution in [3.8, 4) is 0 Å². The van der Waals surface area contributed by atoms with Crippen molar-refractivity contribution in [2.75, 3.05) is 6.54 Å². The van der Waals surface area contributed by atoms with Crippen LogP contribution in [-0.2, 0) is 0 Å². The molecule has 0 aromatic heterocycles. The van der Waals surface area contributed by atoms with Gasteiger partial charge in [0.2, 0.25) is 0 Å². The number of rotatable bonds is 4. The molecule has 0 radical (unpaired) electrons. The van der Waals surface area contributed by atoms with Crippen molar-refractivity contribution in [3.05, 3.63) is 0 Å². The lowest BCUT2D eigenvalue weighted by Gasteiger charge is -2.30. The minimum atomic E-state index is 0.424. The first-order chi connectivity index (χ1) is 5.97. The van der Waals surface area contributed by atoms with Crippen LogP contribution in [0.25, 0.3) is 0 Å². The molecule has 0 saturated heterocycles. The van der Waals surface area contributed by atoms with Gasteiger partial charge in [0.25, 0.3) is 0 Å². The Morgan fingerprint density at radius 2 is 1.92 bits per heavy atom. The highest BCUT2D eigenvalue weighted by atomic mass is 14.9. The predicted octanol–water partition coefficient (Wildman–Crippen LogP) is 3.20. The van der Waals surface area contributed by atoms with Gasteiger partial charge in [0, 0.05) is 12.6 Å². The first-order valence-electron chi connectivity index (χ1n) is 5.71. The Morgan fingerprint density at radius 1 is 1.31 bits per heavy atom. The van der Waals surface area contributed by atoms with E-state index in [1.165, 1.54) is 25.7 Å². The summed E-state index contributed by atoms with van der Waals surface area (Å²) in [4.78, 5) is 0. The summed E-state index contributed by atoms with van der Waals surface area (Å²) in [6.45, 7) is 10.3. The molecule has 0 aromatic rings. The Balaban J connectivity index is 2.06. The molecule has 0 aliphatic heterocycles. The third kappa shape index (κ3) is 4.66. The summed E-state index contributed by atoms with van der Waals surface area (Å²) < 4.78 is 0. The molecule has 0 aromatic carbocycles. The highest BCUT2D eigenvalue weighted by molar-refractivity contribution is 4.76. The molecule has 0 amide bonds. The molecule has 0 heterocycles. The predicted molar refractivity (Wildman–Crippen MR) is 58.9 cm³/mol. The SMILES string of the molecule is CC(CC1CCC1)NCC(C)(C)C. The van der Waals surface area contributed by atoms with Crippen molar-refractivity contribution in [2.24, 2.45) is 11.3 Å². The van der Waals surface area contributed by atoms with E-state index in [4.69, 9.17) is 0 Å². The van der Waals surface area contributed by atoms with Gasteiger partial charge in [-0.2, -0.15) is 0 Å². The minimum absolute atomic E-state index is 0.424. The average Bonchev–Trinajstić information content (AvgIpc) is 1.91. The Kier molecular flexibility index (Phi) is 3.78. The van der Waals surface area contributed by atoms with Crippen molar-refractivity contribution in [3.63, 3.8) is 0 Å². The summed E-state index contributed by atoms with van der Waals surface area (Å²) in [6.07, 6.45) is 5.80. The molecule has 1 heteroatoms. The number of nitrogens with one attached hydrogen (secondary N) is 1. The van der Waals surface area contributed by atoms with E-state index in [0.717, 1.165) is 12.5 Å². The smallest absolute Gasteiger partial charge is 0.00415 e. The quantitative estimate of drug-likeness (QED) is 0.706. The molecule has 1 saturated carbocycles. The normalized spacial score (nSPS) is 21.2. The van der Waals surface area contributed by atoms with Crippen LogP contribution < -0.4 is 5.32 Å². The summed E-state index contributed by atoms with van der Waals surface area (Å²) in [7, 11) is 0. The molecule has 1 nitrogen and oxygen atoms in total. The van der Waals surface area contributed by atoms with Gasteiger partial charge in [0.1, 0.15) is 0 Å². The Morgan fingerprint density at radius 3 is 2.31 bits per heavy atom. The van der Waals surface area contributed by atoms with Gasteiger partial charge in [-0.25, -0.2) is 0 Å². The molecule has 1 N–H and O–H groups in total. The van der Waals surface area contributed by atoms with Crippen molar-refractivity contribution in [2.45, 2.75) is 59.4 Å². The third-order valence-electron chi connectivity index (χ3n) is 2.89. The highest BCUT2D eigenvalue weighted by Gasteiger charge is 2.20. The van der Waals surface area contributed by atoms with Crippen LogP contribution in [0.5, 0.6) is 0 Å². The minimum Gasteiger partial charge on any atom is -0.314 e. The molecule has 13 heavy (non-hydrogen) atoms. The molecular formula is C12H25N. The highest BCUT2D eigenvalue weighted by Crippen LogP contribution is 2.30. The van der Waals surface area contributed by atoms with Crippen LogP contribution in [0.3, 0.4) is 0 Å². The summed E-state index contributed by atoms with van der Waals surface area (Å²) >= 11 is 0. The maximum absolute atomic E-state index is 3.62. The zero-order valence-electron chi connectivity index (χ0n) is 9.69. The molecule has 1 rings (SSSR count). The van der Waals surface area contributed by atoms with Crippen LogP contribution in [0.1, 0.15) is 53.4 Å². The van der Waals surface area contributed by atoms with E-state index in [0.29, 0.717) is 11.5 Å². The van der Waals surface area contributed by atoms with Gasteiger partial charge in [-0.1, -0.05) is 40.0 Å². The van der Waals surface area contributed by atoms with Crippen LogP contribution in [-0.4, -0.2) is 12.6 Å². The third-order valence-corrected chi connectivity index (χ3v) is 2.89. The standard InChI is InChI=1S/C12H25N/c1-10(8-11-6-5-7-11)13-9-12(2,3)4/h10-11,13H,5-9H2,1-4H3. The van der Waals surface area contributed by atoms with Crippen LogP contribution >= 0.6 is 0 Å². The Bertz CT molecular complexity index is 142. The van der Waals surface area contributed by atoms with Gasteiger partial charge >= 0.3 is 0 Å². The van der Waals surface area contributed by atoms with E-state index in [9.17, 15) is 0 Å². The van der Waals surface area contributed by atoms with Crippen molar-refractivity contribution in [1.29, 1.82) is 0 Å². The van der Waals surface area contributed by atoms with Gasteiger partial charge < -0.3 is 5.32 Å². The van der Waals surface area contributed by atoms with Crippen LogP contribution in [0.2, 0.25) is 0 Å². The van der Waals surface area contributed by atoms with Crippen molar-refractivity contribution < 1.29 is 0 Å². The molecule has 0 bridgehead atoms. The van der Waals surface area contributed by atoms with Gasteiger partial charge in [0.15, 0.2) is 0 Å². The average molecular weight is 183 g/mol. The molecule has 1 unspecified atom stereocenters. The maximum Gasteiger partial charge on any atom is 0.00415 e. The van der Waals surface area contributed by atoms with Crippen LogP contribution in [0.15, 0.2) is 0 Å². The second kappa shape index (κ2) is 4.45. The van der Waals surface area contributed by atoms with Crippen molar-refractivity contribution in [1.82, 2.24) is 5.32 Å². The van der Waals surface area contributed by atoms with Crippen LogP contribution in [0.4, 0.5) is 0 Å². The van der Waals surface area contributed by atoms with Gasteiger partial charge in [-0.15, -0.1) is 0 Å². The van der Waals surface area contributed by atoms with Gasteiger partial charge in [-0.3, -0.25) is 0 Å². The molecular weight excluding hydrogens is 158 g/mol. The summed E-state index contributed by atoms with van der Waals surface area (Å²) in [5, 5.41) is 3.62.